The maximum atomic E-state index is 13.1. The molecule has 1 atom stereocenters. The number of carbonyl (C=O) groups excluding carboxylic acids is 1. The molecule has 0 saturated heterocycles. The van der Waals surface area contributed by atoms with Gasteiger partial charge in [0.25, 0.3) is 0 Å². The molecule has 2 aromatic carbocycles. The average molecular weight is 354 g/mol. The zero-order valence-electron chi connectivity index (χ0n) is 12.1. The number of carbonyl (C=O) groups is 1. The number of hydrogen-bond acceptors (Lipinski definition) is 4. The van der Waals surface area contributed by atoms with E-state index < -0.39 is 5.82 Å². The molecule has 1 aliphatic heterocycles. The van der Waals surface area contributed by atoms with Crippen molar-refractivity contribution < 1.29 is 18.7 Å². The van der Waals surface area contributed by atoms with Gasteiger partial charge in [0, 0.05) is 16.6 Å². The van der Waals surface area contributed by atoms with Gasteiger partial charge >= 0.3 is 0 Å². The second-order valence-corrected chi connectivity index (χ2v) is 6.71. The maximum absolute atomic E-state index is 13.1. The summed E-state index contributed by atoms with van der Waals surface area (Å²) in [5.74, 6) is 0.614. The van der Waals surface area contributed by atoms with Crippen LogP contribution in [0.25, 0.3) is 0 Å². The standard InChI is InChI=1S/C16H13ClFNO3S/c1-9(23-11-3-4-13(18)12(17)7-11)16(20)19-10-2-5-14-15(6-10)22-8-21-14/h2-7,9H,8H2,1H3,(H,19,20)/t9-/m0/s1. The van der Waals surface area contributed by atoms with Crippen LogP contribution in [-0.4, -0.2) is 18.0 Å². The van der Waals surface area contributed by atoms with Gasteiger partial charge in [-0.2, -0.15) is 0 Å². The van der Waals surface area contributed by atoms with Gasteiger partial charge in [0.05, 0.1) is 10.3 Å². The fourth-order valence-electron chi connectivity index (χ4n) is 2.03. The van der Waals surface area contributed by atoms with E-state index in [1.54, 1.807) is 31.2 Å². The van der Waals surface area contributed by atoms with Gasteiger partial charge in [-0.3, -0.25) is 4.79 Å². The normalized spacial score (nSPS) is 13.7. The Morgan fingerprint density at radius 1 is 1.26 bits per heavy atom. The summed E-state index contributed by atoms with van der Waals surface area (Å²) in [4.78, 5) is 13.0. The Bertz CT molecular complexity index is 756. The molecule has 0 unspecified atom stereocenters. The molecule has 0 radical (unpaired) electrons. The van der Waals surface area contributed by atoms with Gasteiger partial charge in [-0.15, -0.1) is 11.8 Å². The highest BCUT2D eigenvalue weighted by Gasteiger charge is 2.18. The van der Waals surface area contributed by atoms with E-state index in [0.717, 1.165) is 4.90 Å². The van der Waals surface area contributed by atoms with Crippen LogP contribution in [0.3, 0.4) is 0 Å². The lowest BCUT2D eigenvalue weighted by molar-refractivity contribution is -0.115. The fourth-order valence-corrected chi connectivity index (χ4v) is 3.18. The van der Waals surface area contributed by atoms with Crippen LogP contribution < -0.4 is 14.8 Å². The van der Waals surface area contributed by atoms with Crippen LogP contribution in [0.1, 0.15) is 6.92 Å². The largest absolute Gasteiger partial charge is 0.454 e. The van der Waals surface area contributed by atoms with Gasteiger partial charge < -0.3 is 14.8 Å². The van der Waals surface area contributed by atoms with Gasteiger partial charge in [-0.05, 0) is 37.3 Å². The third-order valence-corrected chi connectivity index (χ3v) is 4.60. The first kappa shape index (κ1) is 16.0. The van der Waals surface area contributed by atoms with E-state index in [0.29, 0.717) is 17.2 Å². The van der Waals surface area contributed by atoms with Gasteiger partial charge in [-0.1, -0.05) is 11.6 Å². The fraction of sp³-hybridized carbons (Fsp3) is 0.188. The number of halogens is 2. The molecule has 1 amide bonds. The molecular weight excluding hydrogens is 341 g/mol. The lowest BCUT2D eigenvalue weighted by Gasteiger charge is -2.12. The Morgan fingerprint density at radius 3 is 2.83 bits per heavy atom. The molecule has 120 valence electrons. The highest BCUT2D eigenvalue weighted by Crippen LogP contribution is 2.34. The summed E-state index contributed by atoms with van der Waals surface area (Å²) in [5.41, 5.74) is 0.629. The number of fused-ring (bicyclic) bond motifs is 1. The number of rotatable bonds is 4. The maximum Gasteiger partial charge on any atom is 0.237 e. The first-order valence-electron chi connectivity index (χ1n) is 6.85. The van der Waals surface area contributed by atoms with Crippen LogP contribution in [0.15, 0.2) is 41.3 Å². The third kappa shape index (κ3) is 3.71. The molecule has 1 aliphatic rings. The molecule has 23 heavy (non-hydrogen) atoms. The zero-order chi connectivity index (χ0) is 16.4. The summed E-state index contributed by atoms with van der Waals surface area (Å²) < 4.78 is 23.6. The summed E-state index contributed by atoms with van der Waals surface area (Å²) in [6, 6.07) is 9.59. The van der Waals surface area contributed by atoms with Crippen molar-refractivity contribution >= 4 is 35.0 Å². The minimum absolute atomic E-state index is 0.0402. The third-order valence-electron chi connectivity index (χ3n) is 3.21. The van der Waals surface area contributed by atoms with E-state index in [-0.39, 0.29) is 23.0 Å². The number of hydrogen-bond donors (Lipinski definition) is 1. The first-order valence-corrected chi connectivity index (χ1v) is 8.11. The van der Waals surface area contributed by atoms with E-state index in [1.165, 1.54) is 23.9 Å². The van der Waals surface area contributed by atoms with Crippen LogP contribution in [-0.2, 0) is 4.79 Å². The second-order valence-electron chi connectivity index (χ2n) is 4.89. The molecule has 0 aromatic heterocycles. The van der Waals surface area contributed by atoms with Crippen molar-refractivity contribution in [2.75, 3.05) is 12.1 Å². The van der Waals surface area contributed by atoms with Crippen molar-refractivity contribution in [3.05, 3.63) is 47.2 Å². The number of benzene rings is 2. The minimum atomic E-state index is -0.478. The average Bonchev–Trinajstić information content (AvgIpc) is 2.98. The smallest absolute Gasteiger partial charge is 0.237 e. The van der Waals surface area contributed by atoms with Crippen molar-refractivity contribution in [2.45, 2.75) is 17.1 Å². The van der Waals surface area contributed by atoms with E-state index in [9.17, 15) is 9.18 Å². The topological polar surface area (TPSA) is 47.6 Å². The Hall–Kier alpha value is -1.92. The molecule has 1 N–H and O–H groups in total. The van der Waals surface area contributed by atoms with E-state index in [4.69, 9.17) is 21.1 Å². The lowest BCUT2D eigenvalue weighted by atomic mass is 10.2. The predicted molar refractivity (Wildman–Crippen MR) is 87.9 cm³/mol. The number of anilines is 1. The van der Waals surface area contributed by atoms with Gasteiger partial charge in [0.1, 0.15) is 5.82 Å². The lowest BCUT2D eigenvalue weighted by Crippen LogP contribution is -2.22. The SMILES string of the molecule is C[C@H](Sc1ccc(F)c(Cl)c1)C(=O)Nc1ccc2c(c1)OCO2. The Morgan fingerprint density at radius 2 is 2.04 bits per heavy atom. The second kappa shape index (κ2) is 6.68. The summed E-state index contributed by atoms with van der Waals surface area (Å²) >= 11 is 7.05. The molecule has 4 nitrogen and oxygen atoms in total. The molecule has 0 saturated carbocycles. The van der Waals surface area contributed by atoms with Crippen LogP contribution in [0.2, 0.25) is 5.02 Å². The molecule has 2 aromatic rings. The number of ether oxygens (including phenoxy) is 2. The molecular formula is C16H13ClFNO3S. The summed E-state index contributed by atoms with van der Waals surface area (Å²) in [6.07, 6.45) is 0. The molecule has 7 heteroatoms. The first-order chi connectivity index (χ1) is 11.0. The summed E-state index contributed by atoms with van der Waals surface area (Å²) in [5, 5.41) is 2.48. The number of thioether (sulfide) groups is 1. The van der Waals surface area contributed by atoms with Gasteiger partial charge in [0.15, 0.2) is 11.5 Å². The molecule has 0 fully saturated rings. The Kier molecular flexibility index (Phi) is 4.63. The Labute approximate surface area is 141 Å². The van der Waals surface area contributed by atoms with Crippen LogP contribution in [0.5, 0.6) is 11.5 Å². The van der Waals surface area contributed by atoms with Crippen LogP contribution >= 0.6 is 23.4 Å². The van der Waals surface area contributed by atoms with Crippen molar-refractivity contribution in [1.29, 1.82) is 0 Å². The van der Waals surface area contributed by atoms with E-state index in [2.05, 4.69) is 5.32 Å². The molecule has 0 spiro atoms. The highest BCUT2D eigenvalue weighted by atomic mass is 35.5. The van der Waals surface area contributed by atoms with Crippen LogP contribution in [0, 0.1) is 5.82 Å². The van der Waals surface area contributed by atoms with Crippen molar-refractivity contribution in [3.63, 3.8) is 0 Å². The van der Waals surface area contributed by atoms with Crippen molar-refractivity contribution in [2.24, 2.45) is 0 Å². The molecule has 0 bridgehead atoms. The quantitative estimate of drug-likeness (QED) is 0.831. The highest BCUT2D eigenvalue weighted by molar-refractivity contribution is 8.00. The van der Waals surface area contributed by atoms with Crippen molar-refractivity contribution in [1.82, 2.24) is 0 Å². The summed E-state index contributed by atoms with van der Waals surface area (Å²) in [6.45, 7) is 1.95. The van der Waals surface area contributed by atoms with E-state index >= 15 is 0 Å². The van der Waals surface area contributed by atoms with E-state index in [1.807, 2.05) is 0 Å². The molecule has 1 heterocycles. The molecule has 3 rings (SSSR count). The summed E-state index contributed by atoms with van der Waals surface area (Å²) in [7, 11) is 0. The monoisotopic (exact) mass is 353 g/mol. The van der Waals surface area contributed by atoms with Crippen LogP contribution in [0.4, 0.5) is 10.1 Å². The van der Waals surface area contributed by atoms with Crippen molar-refractivity contribution in [3.8, 4) is 11.5 Å². The number of amides is 1. The predicted octanol–water partition coefficient (Wildman–Crippen LogP) is 4.33. The minimum Gasteiger partial charge on any atom is -0.454 e. The number of nitrogens with one attached hydrogen (secondary N) is 1. The van der Waals surface area contributed by atoms with Gasteiger partial charge in [-0.25, -0.2) is 4.39 Å². The molecule has 0 aliphatic carbocycles. The van der Waals surface area contributed by atoms with Gasteiger partial charge in [0.2, 0.25) is 12.7 Å². The Balaban J connectivity index is 1.64. The zero-order valence-corrected chi connectivity index (χ0v) is 13.7.